The van der Waals surface area contributed by atoms with Gasteiger partial charge in [0.15, 0.2) is 11.5 Å². The molecule has 0 aliphatic carbocycles. The number of ether oxygens (including phenoxy) is 2. The second kappa shape index (κ2) is 8.10. The number of phenolic OH excluding ortho intramolecular Hbond substituents is 1. The number of ketones is 1. The monoisotopic (exact) mass is 435 g/mol. The van der Waals surface area contributed by atoms with E-state index in [2.05, 4.69) is 10.2 Å². The molecule has 1 amide bonds. The number of hydrogen-bond acceptors (Lipinski definition) is 6. The number of aromatic nitrogens is 2. The van der Waals surface area contributed by atoms with Gasteiger partial charge in [0.2, 0.25) is 11.5 Å². The molecule has 0 saturated carbocycles. The highest BCUT2D eigenvalue weighted by Gasteiger charge is 2.35. The Labute approximate surface area is 182 Å². The van der Waals surface area contributed by atoms with Gasteiger partial charge in [0.1, 0.15) is 5.57 Å². The molecule has 4 rings (SSSR count). The zero-order valence-electron chi connectivity index (χ0n) is 17.7. The Hall–Kier alpha value is -4.27. The number of hydrogen-bond donors (Lipinski definition) is 3. The number of benzene rings is 2. The van der Waals surface area contributed by atoms with Gasteiger partial charge in [-0.1, -0.05) is 12.1 Å². The van der Waals surface area contributed by atoms with Crippen molar-refractivity contribution in [3.63, 3.8) is 0 Å². The van der Waals surface area contributed by atoms with Crippen molar-refractivity contribution in [1.29, 1.82) is 0 Å². The maximum atomic E-state index is 13.2. The van der Waals surface area contributed by atoms with Crippen LogP contribution in [0.1, 0.15) is 22.8 Å². The van der Waals surface area contributed by atoms with E-state index in [1.807, 2.05) is 6.92 Å². The Balaban J connectivity index is 2.03. The van der Waals surface area contributed by atoms with E-state index in [9.17, 15) is 19.5 Å². The number of fused-ring (bicyclic) bond motifs is 1. The second-order valence-electron chi connectivity index (χ2n) is 7.06. The molecule has 164 valence electrons. The number of para-hydroxylation sites is 1. The van der Waals surface area contributed by atoms with E-state index in [0.717, 1.165) is 0 Å². The first-order valence-corrected chi connectivity index (χ1v) is 9.84. The summed E-state index contributed by atoms with van der Waals surface area (Å²) in [6, 6.07) is 9.87. The largest absolute Gasteiger partial charge is 0.502 e. The van der Waals surface area contributed by atoms with Gasteiger partial charge in [0.05, 0.1) is 30.5 Å². The number of aromatic hydroxyl groups is 1. The SMILES string of the molecule is CCN1C(=O)/C(=c2/[nH][nH]c(=O)/c2=C\c2cc(OC)c(O)c(OC)c2)C(=O)c2ccccc21. The van der Waals surface area contributed by atoms with E-state index in [0.29, 0.717) is 23.4 Å². The third-order valence-electron chi connectivity index (χ3n) is 5.32. The third kappa shape index (κ3) is 3.24. The summed E-state index contributed by atoms with van der Waals surface area (Å²) in [5.41, 5.74) is 0.732. The van der Waals surface area contributed by atoms with Gasteiger partial charge in [0.25, 0.3) is 11.5 Å². The molecule has 0 unspecified atom stereocenters. The molecule has 0 bridgehead atoms. The van der Waals surface area contributed by atoms with Crippen LogP contribution in [0, 0.1) is 0 Å². The molecule has 0 spiro atoms. The van der Waals surface area contributed by atoms with Crippen molar-refractivity contribution < 1.29 is 24.2 Å². The van der Waals surface area contributed by atoms with E-state index in [1.54, 1.807) is 24.3 Å². The first-order chi connectivity index (χ1) is 15.4. The number of Topliss-reactive ketones (excluding diaryl/α,β-unsaturated/α-hetero) is 1. The fraction of sp³-hybridized carbons (Fsp3) is 0.174. The smallest absolute Gasteiger partial charge is 0.271 e. The van der Waals surface area contributed by atoms with E-state index in [4.69, 9.17) is 9.47 Å². The van der Waals surface area contributed by atoms with Crippen molar-refractivity contribution in [3.8, 4) is 17.2 Å². The lowest BCUT2D eigenvalue weighted by molar-refractivity contribution is -0.113. The number of H-pyrrole nitrogens is 2. The fourth-order valence-corrected chi connectivity index (χ4v) is 3.78. The minimum absolute atomic E-state index is 0.0870. The van der Waals surface area contributed by atoms with Gasteiger partial charge in [-0.15, -0.1) is 0 Å². The van der Waals surface area contributed by atoms with Gasteiger partial charge < -0.3 is 19.5 Å². The quantitative estimate of drug-likeness (QED) is 0.553. The van der Waals surface area contributed by atoms with E-state index < -0.39 is 17.2 Å². The zero-order chi connectivity index (χ0) is 23.0. The Morgan fingerprint density at radius 3 is 2.31 bits per heavy atom. The standard InChI is InChI=1S/C23H21N3O6/c1-4-26-15-8-6-5-7-13(15)20(27)18(23(26)30)19-14(22(29)25-24-19)9-12-10-16(31-2)21(28)17(11-12)32-3/h5-11,24,28H,4H2,1-3H3,(H,25,29)/b14-9-,19-18+. The number of carbonyl (C=O) groups is 2. The van der Waals surface area contributed by atoms with Crippen LogP contribution < -0.4 is 30.5 Å². The Morgan fingerprint density at radius 2 is 1.69 bits per heavy atom. The molecular formula is C23H21N3O6. The van der Waals surface area contributed by atoms with Crippen LogP contribution in [-0.2, 0) is 4.79 Å². The lowest BCUT2D eigenvalue weighted by Gasteiger charge is -2.28. The number of methoxy groups -OCH3 is 2. The lowest BCUT2D eigenvalue weighted by atomic mass is 9.94. The number of nitrogens with zero attached hydrogens (tertiary/aromatic N) is 1. The highest BCUT2D eigenvalue weighted by Crippen LogP contribution is 2.37. The molecule has 9 heteroatoms. The summed E-state index contributed by atoms with van der Waals surface area (Å²) in [6.45, 7) is 2.16. The molecule has 0 saturated heterocycles. The number of rotatable bonds is 4. The average Bonchev–Trinajstić information content (AvgIpc) is 3.15. The molecule has 32 heavy (non-hydrogen) atoms. The van der Waals surface area contributed by atoms with Crippen LogP contribution in [-0.4, -0.2) is 47.8 Å². The van der Waals surface area contributed by atoms with Gasteiger partial charge in [-0.3, -0.25) is 24.6 Å². The van der Waals surface area contributed by atoms with Gasteiger partial charge in [0, 0.05) is 12.1 Å². The first-order valence-electron chi connectivity index (χ1n) is 9.84. The Bertz CT molecular complexity index is 1390. The van der Waals surface area contributed by atoms with Crippen molar-refractivity contribution in [2.45, 2.75) is 6.92 Å². The molecular weight excluding hydrogens is 414 g/mol. The first kappa shape index (κ1) is 21.0. The molecule has 3 N–H and O–H groups in total. The maximum absolute atomic E-state index is 13.2. The normalized spacial score (nSPS) is 15.7. The van der Waals surface area contributed by atoms with Gasteiger partial charge in [-0.05, 0) is 42.8 Å². The number of amides is 1. The molecule has 2 aromatic carbocycles. The van der Waals surface area contributed by atoms with Gasteiger partial charge in [-0.2, -0.15) is 0 Å². The van der Waals surface area contributed by atoms with Gasteiger partial charge in [-0.25, -0.2) is 0 Å². The van der Waals surface area contributed by atoms with E-state index in [1.165, 1.54) is 37.3 Å². The van der Waals surface area contributed by atoms with Crippen LogP contribution in [0.5, 0.6) is 17.2 Å². The predicted octanol–water partition coefficient (Wildman–Crippen LogP) is 0.655. The number of anilines is 1. The average molecular weight is 435 g/mol. The number of nitrogens with one attached hydrogen (secondary N) is 2. The summed E-state index contributed by atoms with van der Waals surface area (Å²) in [7, 11) is 2.78. The van der Waals surface area contributed by atoms with Crippen LogP contribution in [0.25, 0.3) is 11.6 Å². The van der Waals surface area contributed by atoms with Crippen LogP contribution in [0.15, 0.2) is 41.2 Å². The Kier molecular flexibility index (Phi) is 5.31. The van der Waals surface area contributed by atoms with Crippen LogP contribution in [0.4, 0.5) is 5.69 Å². The summed E-state index contributed by atoms with van der Waals surface area (Å²) in [4.78, 5) is 40.6. The molecule has 1 aromatic heterocycles. The molecule has 2 heterocycles. The second-order valence-corrected chi connectivity index (χ2v) is 7.06. The van der Waals surface area contributed by atoms with Crippen molar-refractivity contribution in [2.24, 2.45) is 0 Å². The summed E-state index contributed by atoms with van der Waals surface area (Å²) >= 11 is 0. The summed E-state index contributed by atoms with van der Waals surface area (Å²) in [6.07, 6.45) is 1.49. The van der Waals surface area contributed by atoms with Crippen molar-refractivity contribution in [2.75, 3.05) is 25.7 Å². The van der Waals surface area contributed by atoms with E-state index in [-0.39, 0.29) is 33.4 Å². The van der Waals surface area contributed by atoms with E-state index >= 15 is 0 Å². The van der Waals surface area contributed by atoms with Crippen molar-refractivity contribution in [1.82, 2.24) is 10.2 Å². The molecule has 0 fully saturated rings. The van der Waals surface area contributed by atoms with Crippen LogP contribution in [0.3, 0.4) is 0 Å². The highest BCUT2D eigenvalue weighted by atomic mass is 16.5. The van der Waals surface area contributed by atoms with Crippen LogP contribution >= 0.6 is 0 Å². The third-order valence-corrected chi connectivity index (χ3v) is 5.32. The summed E-state index contributed by atoms with van der Waals surface area (Å²) < 4.78 is 10.3. The number of phenols is 1. The molecule has 1 aliphatic rings. The van der Waals surface area contributed by atoms with Crippen molar-refractivity contribution in [3.05, 3.63) is 68.4 Å². The predicted molar refractivity (Wildman–Crippen MR) is 118 cm³/mol. The molecule has 3 aromatic rings. The number of aromatic amines is 2. The maximum Gasteiger partial charge on any atom is 0.271 e. The lowest BCUT2D eigenvalue weighted by Crippen LogP contribution is -2.45. The molecule has 0 atom stereocenters. The summed E-state index contributed by atoms with van der Waals surface area (Å²) in [5.74, 6) is -0.860. The summed E-state index contributed by atoms with van der Waals surface area (Å²) in [5, 5.41) is 15.4. The van der Waals surface area contributed by atoms with Crippen molar-refractivity contribution >= 4 is 29.0 Å². The molecule has 9 nitrogen and oxygen atoms in total. The fourth-order valence-electron chi connectivity index (χ4n) is 3.78. The van der Waals surface area contributed by atoms with Crippen LogP contribution in [0.2, 0.25) is 0 Å². The molecule has 1 aliphatic heterocycles. The topological polar surface area (TPSA) is 125 Å². The minimum atomic E-state index is -0.513. The molecule has 0 radical (unpaired) electrons. The zero-order valence-corrected chi connectivity index (χ0v) is 17.7. The highest BCUT2D eigenvalue weighted by molar-refractivity contribution is 6.51. The van der Waals surface area contributed by atoms with Gasteiger partial charge >= 0.3 is 0 Å². The minimum Gasteiger partial charge on any atom is -0.502 e. The Morgan fingerprint density at radius 1 is 1.03 bits per heavy atom. The number of carbonyl (C=O) groups excluding carboxylic acids is 2.